The van der Waals surface area contributed by atoms with E-state index in [0.29, 0.717) is 12.0 Å². The fourth-order valence-corrected chi connectivity index (χ4v) is 0.634. The average Bonchev–Trinajstić information content (AvgIpc) is 2.03. The maximum Gasteiger partial charge on any atom is 0.287 e. The summed E-state index contributed by atoms with van der Waals surface area (Å²) in [7, 11) is 0. The van der Waals surface area contributed by atoms with E-state index in [9.17, 15) is 9.59 Å². The van der Waals surface area contributed by atoms with Gasteiger partial charge >= 0.3 is 0 Å². The molecule has 5 heteroatoms. The molecule has 5 nitrogen and oxygen atoms in total. The fourth-order valence-electron chi connectivity index (χ4n) is 0.634. The summed E-state index contributed by atoms with van der Waals surface area (Å²) in [4.78, 5) is 20.7. The summed E-state index contributed by atoms with van der Waals surface area (Å²) in [6, 6.07) is 1.50. The Balaban J connectivity index is 2.78. The average molecular weight is 153 g/mol. The smallest absolute Gasteiger partial charge is 0.287 e. The number of hydrogen-bond acceptors (Lipinski definition) is 4. The standard InChI is InChI=1S/C6H7N3O2/c10-4-3-7-5-1-2-8-9-6(5)11/h1-2,4H,3H2,(H,7,8)(H,9,11). The second-order valence-corrected chi connectivity index (χ2v) is 1.85. The van der Waals surface area contributed by atoms with E-state index in [1.807, 2.05) is 0 Å². The zero-order valence-corrected chi connectivity index (χ0v) is 5.70. The summed E-state index contributed by atoms with van der Waals surface area (Å²) in [5.41, 5.74) is 0.0291. The molecule has 1 aromatic heterocycles. The van der Waals surface area contributed by atoms with Gasteiger partial charge in [-0.25, -0.2) is 5.10 Å². The number of carbonyl (C=O) groups excluding carboxylic acids is 1. The zero-order chi connectivity index (χ0) is 8.10. The molecule has 0 aromatic carbocycles. The van der Waals surface area contributed by atoms with Gasteiger partial charge in [-0.05, 0) is 6.07 Å². The number of nitrogens with one attached hydrogen (secondary N) is 2. The first kappa shape index (κ1) is 7.46. The molecule has 0 atom stereocenters. The van der Waals surface area contributed by atoms with E-state index < -0.39 is 0 Å². The van der Waals surface area contributed by atoms with Crippen LogP contribution in [0.3, 0.4) is 0 Å². The van der Waals surface area contributed by atoms with Crippen LogP contribution in [0, 0.1) is 0 Å². The van der Waals surface area contributed by atoms with Crippen molar-refractivity contribution in [1.82, 2.24) is 10.2 Å². The van der Waals surface area contributed by atoms with Crippen LogP contribution in [0.4, 0.5) is 5.69 Å². The van der Waals surface area contributed by atoms with Crippen molar-refractivity contribution < 1.29 is 4.79 Å². The SMILES string of the molecule is O=CCNc1ccn[nH]c1=O. The largest absolute Gasteiger partial charge is 0.374 e. The lowest BCUT2D eigenvalue weighted by Crippen LogP contribution is -2.15. The molecular weight excluding hydrogens is 146 g/mol. The Kier molecular flexibility index (Phi) is 2.37. The molecule has 58 valence electrons. The van der Waals surface area contributed by atoms with Gasteiger partial charge in [-0.15, -0.1) is 0 Å². The first-order valence-corrected chi connectivity index (χ1v) is 3.06. The summed E-state index contributed by atoms with van der Waals surface area (Å²) >= 11 is 0. The predicted octanol–water partition coefficient (Wildman–Crippen LogP) is -0.619. The Morgan fingerprint density at radius 1 is 1.73 bits per heavy atom. The molecule has 1 heterocycles. The molecule has 0 saturated carbocycles. The lowest BCUT2D eigenvalue weighted by atomic mass is 10.4. The molecule has 0 saturated heterocycles. The van der Waals surface area contributed by atoms with Gasteiger partial charge in [0.15, 0.2) is 0 Å². The number of aldehydes is 1. The molecular formula is C6H7N3O2. The normalized spacial score (nSPS) is 9.09. The van der Waals surface area contributed by atoms with Crippen LogP contribution in [0.1, 0.15) is 0 Å². The Labute approximate surface area is 62.4 Å². The number of rotatable bonds is 3. The monoisotopic (exact) mass is 153 g/mol. The third kappa shape index (κ3) is 1.89. The minimum Gasteiger partial charge on any atom is -0.374 e. The van der Waals surface area contributed by atoms with Crippen LogP contribution in [-0.4, -0.2) is 23.0 Å². The third-order valence-corrected chi connectivity index (χ3v) is 1.10. The second-order valence-electron chi connectivity index (χ2n) is 1.85. The maximum absolute atomic E-state index is 10.8. The van der Waals surface area contributed by atoms with Crippen molar-refractivity contribution in [2.24, 2.45) is 0 Å². The number of anilines is 1. The number of aromatic nitrogens is 2. The quantitative estimate of drug-likeness (QED) is 0.567. The Morgan fingerprint density at radius 3 is 3.18 bits per heavy atom. The highest BCUT2D eigenvalue weighted by Crippen LogP contribution is 1.91. The van der Waals surface area contributed by atoms with Crippen LogP contribution >= 0.6 is 0 Å². The lowest BCUT2D eigenvalue weighted by Gasteiger charge is -1.97. The maximum atomic E-state index is 10.8. The first-order valence-electron chi connectivity index (χ1n) is 3.06. The van der Waals surface area contributed by atoms with Gasteiger partial charge in [0.25, 0.3) is 5.56 Å². The number of hydrogen-bond donors (Lipinski definition) is 2. The van der Waals surface area contributed by atoms with Gasteiger partial charge < -0.3 is 10.1 Å². The van der Waals surface area contributed by atoms with Crippen LogP contribution in [-0.2, 0) is 4.79 Å². The van der Waals surface area contributed by atoms with Gasteiger partial charge in [-0.2, -0.15) is 5.10 Å². The van der Waals surface area contributed by atoms with Crippen molar-refractivity contribution >= 4 is 12.0 Å². The van der Waals surface area contributed by atoms with Crippen LogP contribution < -0.4 is 10.9 Å². The Hall–Kier alpha value is -1.65. The van der Waals surface area contributed by atoms with Crippen molar-refractivity contribution in [1.29, 1.82) is 0 Å². The van der Waals surface area contributed by atoms with E-state index in [2.05, 4.69) is 15.5 Å². The van der Waals surface area contributed by atoms with Crippen LogP contribution in [0.5, 0.6) is 0 Å². The van der Waals surface area contributed by atoms with E-state index in [4.69, 9.17) is 0 Å². The van der Waals surface area contributed by atoms with E-state index in [1.165, 1.54) is 12.3 Å². The third-order valence-electron chi connectivity index (χ3n) is 1.10. The van der Waals surface area contributed by atoms with Crippen LogP contribution in [0.2, 0.25) is 0 Å². The van der Waals surface area contributed by atoms with Crippen molar-refractivity contribution in [3.05, 3.63) is 22.6 Å². The number of nitrogens with zero attached hydrogens (tertiary/aromatic N) is 1. The summed E-state index contributed by atoms with van der Waals surface area (Å²) in [5, 5.41) is 8.32. The minimum absolute atomic E-state index is 0.132. The highest BCUT2D eigenvalue weighted by molar-refractivity contribution is 5.58. The molecule has 0 fully saturated rings. The molecule has 2 N–H and O–H groups in total. The molecule has 1 aromatic rings. The first-order chi connectivity index (χ1) is 5.34. The van der Waals surface area contributed by atoms with Gasteiger partial charge in [0, 0.05) is 6.20 Å². The molecule has 0 bridgehead atoms. The van der Waals surface area contributed by atoms with Crippen molar-refractivity contribution in [2.75, 3.05) is 11.9 Å². The minimum atomic E-state index is -0.325. The Morgan fingerprint density at radius 2 is 2.55 bits per heavy atom. The highest BCUT2D eigenvalue weighted by atomic mass is 16.1. The topological polar surface area (TPSA) is 74.8 Å². The lowest BCUT2D eigenvalue weighted by molar-refractivity contribution is -0.106. The summed E-state index contributed by atoms with van der Waals surface area (Å²) in [5.74, 6) is 0. The molecule has 11 heavy (non-hydrogen) atoms. The van der Waals surface area contributed by atoms with Gasteiger partial charge in [0.1, 0.15) is 12.0 Å². The van der Waals surface area contributed by atoms with E-state index >= 15 is 0 Å². The van der Waals surface area contributed by atoms with Gasteiger partial charge in [-0.3, -0.25) is 4.79 Å². The number of H-pyrrole nitrogens is 1. The Bertz CT molecular complexity index is 294. The van der Waals surface area contributed by atoms with Crippen LogP contribution in [0.25, 0.3) is 0 Å². The molecule has 0 spiro atoms. The fraction of sp³-hybridized carbons (Fsp3) is 0.167. The molecule has 1 rings (SSSR count). The molecule has 0 aliphatic heterocycles. The van der Waals surface area contributed by atoms with Crippen molar-refractivity contribution in [3.8, 4) is 0 Å². The highest BCUT2D eigenvalue weighted by Gasteiger charge is 1.94. The second kappa shape index (κ2) is 3.50. The molecule has 0 radical (unpaired) electrons. The van der Waals surface area contributed by atoms with Crippen LogP contribution in [0.15, 0.2) is 17.1 Å². The summed E-state index contributed by atoms with van der Waals surface area (Å²) in [6.45, 7) is 0.132. The van der Waals surface area contributed by atoms with Crippen molar-refractivity contribution in [3.63, 3.8) is 0 Å². The number of carbonyl (C=O) groups is 1. The van der Waals surface area contributed by atoms with E-state index in [1.54, 1.807) is 0 Å². The van der Waals surface area contributed by atoms with Gasteiger partial charge in [-0.1, -0.05) is 0 Å². The summed E-state index contributed by atoms with van der Waals surface area (Å²) in [6.07, 6.45) is 2.12. The van der Waals surface area contributed by atoms with E-state index in [-0.39, 0.29) is 12.1 Å². The summed E-state index contributed by atoms with van der Waals surface area (Å²) < 4.78 is 0. The number of aromatic amines is 1. The predicted molar refractivity (Wildman–Crippen MR) is 39.4 cm³/mol. The van der Waals surface area contributed by atoms with E-state index in [0.717, 1.165) is 0 Å². The van der Waals surface area contributed by atoms with Gasteiger partial charge in [0.05, 0.1) is 6.54 Å². The molecule has 0 aliphatic rings. The zero-order valence-electron chi connectivity index (χ0n) is 5.70. The molecule has 0 aliphatic carbocycles. The van der Waals surface area contributed by atoms with Gasteiger partial charge in [0.2, 0.25) is 0 Å². The molecule has 0 unspecified atom stereocenters. The molecule has 0 amide bonds. The van der Waals surface area contributed by atoms with Crippen molar-refractivity contribution in [2.45, 2.75) is 0 Å².